The number of carbonyl (C=O) groups is 1. The quantitative estimate of drug-likeness (QED) is 0.528. The Morgan fingerprint density at radius 1 is 1.06 bits per heavy atom. The molecule has 1 atom stereocenters. The van der Waals surface area contributed by atoms with Crippen LogP contribution in [0.1, 0.15) is 52.0 Å². The maximum absolute atomic E-state index is 13.9. The third kappa shape index (κ3) is 4.88. The molecule has 0 aromatic heterocycles. The van der Waals surface area contributed by atoms with Crippen LogP contribution in [0.15, 0.2) is 77.7 Å². The number of carboxylic acid groups (broad SMARTS) is 1. The summed E-state index contributed by atoms with van der Waals surface area (Å²) in [7, 11) is -3.97. The Morgan fingerprint density at radius 2 is 1.72 bits per heavy atom. The smallest absolute Gasteiger partial charge is 0.335 e. The van der Waals surface area contributed by atoms with Gasteiger partial charge >= 0.3 is 5.97 Å². The molecule has 0 fully saturated rings. The molecule has 0 aliphatic rings. The summed E-state index contributed by atoms with van der Waals surface area (Å²) >= 11 is 0. The zero-order valence-corrected chi connectivity index (χ0v) is 18.7. The minimum atomic E-state index is -3.97. The maximum Gasteiger partial charge on any atom is 0.335 e. The monoisotopic (exact) mass is 448 g/mol. The van der Waals surface area contributed by atoms with E-state index in [9.17, 15) is 18.3 Å². The third-order valence-corrected chi connectivity index (χ3v) is 7.36. The molecule has 7 heteroatoms. The van der Waals surface area contributed by atoms with Gasteiger partial charge in [0.2, 0.25) is 10.0 Å². The average Bonchev–Trinajstić information content (AvgIpc) is 2.79. The van der Waals surface area contributed by atoms with E-state index in [1.807, 2.05) is 37.3 Å². The van der Waals surface area contributed by atoms with Crippen molar-refractivity contribution in [3.63, 3.8) is 0 Å². The highest BCUT2D eigenvalue weighted by molar-refractivity contribution is 7.89. The van der Waals surface area contributed by atoms with Gasteiger partial charge in [-0.2, -0.15) is 9.57 Å². The number of benzene rings is 3. The van der Waals surface area contributed by atoms with E-state index in [2.05, 4.69) is 6.07 Å². The molecule has 0 saturated heterocycles. The van der Waals surface area contributed by atoms with E-state index < -0.39 is 22.0 Å². The maximum atomic E-state index is 13.9. The van der Waals surface area contributed by atoms with Crippen LogP contribution in [0, 0.1) is 18.3 Å². The summed E-state index contributed by atoms with van der Waals surface area (Å²) in [4.78, 5) is 11.4. The summed E-state index contributed by atoms with van der Waals surface area (Å²) in [6.07, 6.45) is 0.547. The number of hydrogen-bond donors (Lipinski definition) is 1. The number of rotatable bonds is 8. The van der Waals surface area contributed by atoms with E-state index in [-0.39, 0.29) is 17.0 Å². The minimum absolute atomic E-state index is 0.0372. The van der Waals surface area contributed by atoms with E-state index in [0.717, 1.165) is 11.1 Å². The van der Waals surface area contributed by atoms with Gasteiger partial charge in [-0.3, -0.25) is 0 Å². The highest BCUT2D eigenvalue weighted by atomic mass is 32.2. The largest absolute Gasteiger partial charge is 0.478 e. The van der Waals surface area contributed by atoms with Crippen molar-refractivity contribution in [2.75, 3.05) is 0 Å². The molecule has 3 aromatic carbocycles. The Kier molecular flexibility index (Phi) is 7.08. The van der Waals surface area contributed by atoms with Gasteiger partial charge in [-0.1, -0.05) is 49.4 Å². The molecule has 3 rings (SSSR count). The number of nitrogens with zero attached hydrogens (tertiary/aromatic N) is 2. The zero-order valence-electron chi connectivity index (χ0n) is 17.9. The van der Waals surface area contributed by atoms with E-state index in [1.54, 1.807) is 31.2 Å². The number of hydrogen-bond acceptors (Lipinski definition) is 4. The van der Waals surface area contributed by atoms with Gasteiger partial charge in [0.05, 0.1) is 28.1 Å². The number of carboxylic acids is 1. The van der Waals surface area contributed by atoms with Crippen LogP contribution < -0.4 is 0 Å². The lowest BCUT2D eigenvalue weighted by atomic mass is 10.0. The highest BCUT2D eigenvalue weighted by Gasteiger charge is 2.33. The van der Waals surface area contributed by atoms with Crippen molar-refractivity contribution in [2.24, 2.45) is 0 Å². The molecule has 3 aromatic rings. The van der Waals surface area contributed by atoms with Crippen molar-refractivity contribution >= 4 is 16.0 Å². The van der Waals surface area contributed by atoms with Crippen molar-refractivity contribution in [1.29, 1.82) is 5.26 Å². The SMILES string of the molecule is CCC(c1ccccc1)N(Cc1ccc(C#N)cc1)S(=O)(=O)c1ccc(C(=O)O)cc1C. The van der Waals surface area contributed by atoms with Gasteiger partial charge in [0.1, 0.15) is 0 Å². The molecule has 6 nitrogen and oxygen atoms in total. The first-order chi connectivity index (χ1) is 15.3. The Hall–Kier alpha value is -3.47. The first-order valence-corrected chi connectivity index (χ1v) is 11.6. The number of aromatic carboxylic acids is 1. The average molecular weight is 449 g/mol. The van der Waals surface area contributed by atoms with Crippen molar-refractivity contribution in [1.82, 2.24) is 4.31 Å². The fourth-order valence-corrected chi connectivity index (χ4v) is 5.59. The predicted molar refractivity (Wildman–Crippen MR) is 121 cm³/mol. The Balaban J connectivity index is 2.11. The van der Waals surface area contributed by atoms with Crippen LogP contribution in [0.3, 0.4) is 0 Å². The van der Waals surface area contributed by atoms with Gasteiger partial charge in [0.25, 0.3) is 0 Å². The minimum Gasteiger partial charge on any atom is -0.478 e. The Morgan fingerprint density at radius 3 is 2.25 bits per heavy atom. The number of sulfonamides is 1. The fraction of sp³-hybridized carbons (Fsp3) is 0.200. The van der Waals surface area contributed by atoms with Crippen molar-refractivity contribution in [3.05, 3.63) is 101 Å². The van der Waals surface area contributed by atoms with Crippen LogP contribution >= 0.6 is 0 Å². The summed E-state index contributed by atoms with van der Waals surface area (Å²) in [5.74, 6) is -1.11. The van der Waals surface area contributed by atoms with Gasteiger partial charge in [-0.15, -0.1) is 0 Å². The van der Waals surface area contributed by atoms with Gasteiger partial charge in [-0.25, -0.2) is 13.2 Å². The fourth-order valence-electron chi connectivity index (χ4n) is 3.71. The molecule has 32 heavy (non-hydrogen) atoms. The first kappa shape index (κ1) is 23.2. The van der Waals surface area contributed by atoms with Crippen LogP contribution in [-0.4, -0.2) is 23.8 Å². The zero-order chi connectivity index (χ0) is 23.3. The third-order valence-electron chi connectivity index (χ3n) is 5.35. The predicted octanol–water partition coefficient (Wildman–Crippen LogP) is 4.91. The molecule has 0 bridgehead atoms. The van der Waals surface area contributed by atoms with Gasteiger partial charge in [0, 0.05) is 6.54 Å². The first-order valence-electron chi connectivity index (χ1n) is 10.2. The summed E-state index contributed by atoms with van der Waals surface area (Å²) in [6.45, 7) is 3.64. The van der Waals surface area contributed by atoms with E-state index in [1.165, 1.54) is 22.5 Å². The topological polar surface area (TPSA) is 98.5 Å². The standard InChI is InChI=1S/C25H24N2O4S/c1-3-23(21-7-5-4-6-8-21)27(17-20-11-9-19(16-26)10-12-20)32(30,31)24-14-13-22(25(28)29)15-18(24)2/h4-15,23H,3,17H2,1-2H3,(H,28,29). The van der Waals surface area contributed by atoms with E-state index >= 15 is 0 Å². The molecule has 0 heterocycles. The molecule has 1 unspecified atom stereocenters. The Bertz CT molecular complexity index is 1250. The molecule has 0 aliphatic carbocycles. The summed E-state index contributed by atoms with van der Waals surface area (Å²) < 4.78 is 29.2. The summed E-state index contributed by atoms with van der Waals surface area (Å²) in [6, 6.07) is 21.9. The van der Waals surface area contributed by atoms with Crippen LogP contribution in [0.5, 0.6) is 0 Å². The van der Waals surface area contributed by atoms with Crippen LogP contribution in [0.2, 0.25) is 0 Å². The highest BCUT2D eigenvalue weighted by Crippen LogP contribution is 2.33. The molecule has 164 valence electrons. The van der Waals surface area contributed by atoms with Crippen LogP contribution in [-0.2, 0) is 16.6 Å². The lowest BCUT2D eigenvalue weighted by molar-refractivity contribution is 0.0696. The summed E-state index contributed by atoms with van der Waals surface area (Å²) in [5.41, 5.74) is 2.53. The second kappa shape index (κ2) is 9.77. The molecule has 0 aliphatic heterocycles. The lowest BCUT2D eigenvalue weighted by Gasteiger charge is -2.31. The molecular weight excluding hydrogens is 424 g/mol. The second-order valence-electron chi connectivity index (χ2n) is 7.48. The van der Waals surface area contributed by atoms with Crippen LogP contribution in [0.25, 0.3) is 0 Å². The van der Waals surface area contributed by atoms with Crippen LogP contribution in [0.4, 0.5) is 0 Å². The summed E-state index contributed by atoms with van der Waals surface area (Å²) in [5, 5.41) is 18.3. The van der Waals surface area contributed by atoms with Gasteiger partial charge in [-0.05, 0) is 60.4 Å². The van der Waals surface area contributed by atoms with Gasteiger partial charge < -0.3 is 5.11 Å². The molecular formula is C25H24N2O4S. The second-order valence-corrected chi connectivity index (χ2v) is 9.34. The van der Waals surface area contributed by atoms with Crippen molar-refractivity contribution in [2.45, 2.75) is 37.8 Å². The van der Waals surface area contributed by atoms with E-state index in [0.29, 0.717) is 17.5 Å². The number of aryl methyl sites for hydroxylation is 1. The van der Waals surface area contributed by atoms with Gasteiger partial charge in [0.15, 0.2) is 0 Å². The molecule has 0 spiro atoms. The molecule has 1 N–H and O–H groups in total. The molecule has 0 radical (unpaired) electrons. The van der Waals surface area contributed by atoms with Crippen molar-refractivity contribution < 1.29 is 18.3 Å². The number of nitriles is 1. The normalized spacial score (nSPS) is 12.3. The molecule has 0 amide bonds. The van der Waals surface area contributed by atoms with E-state index in [4.69, 9.17) is 5.26 Å². The lowest BCUT2D eigenvalue weighted by Crippen LogP contribution is -2.34. The molecule has 0 saturated carbocycles. The Labute approximate surface area is 188 Å². The van der Waals surface area contributed by atoms with Crippen molar-refractivity contribution in [3.8, 4) is 6.07 Å².